The Morgan fingerprint density at radius 1 is 0.966 bits per heavy atom. The number of amides is 4. The lowest BCUT2D eigenvalue weighted by molar-refractivity contribution is -0.128. The number of nitrogens with zero attached hydrogens (tertiary/aromatic N) is 1. The average molecular weight is 392 g/mol. The Morgan fingerprint density at radius 3 is 2.41 bits per heavy atom. The van der Waals surface area contributed by atoms with Gasteiger partial charge in [-0.15, -0.1) is 0 Å². The van der Waals surface area contributed by atoms with E-state index < -0.39 is 0 Å². The van der Waals surface area contributed by atoms with Gasteiger partial charge in [0.1, 0.15) is 0 Å². The van der Waals surface area contributed by atoms with Crippen LogP contribution in [0.5, 0.6) is 0 Å². The molecular weight excluding hydrogens is 368 g/mol. The van der Waals surface area contributed by atoms with E-state index in [-0.39, 0.29) is 30.2 Å². The Kier molecular flexibility index (Phi) is 5.20. The third-order valence-corrected chi connectivity index (χ3v) is 5.30. The highest BCUT2D eigenvalue weighted by Crippen LogP contribution is 2.33. The molecule has 0 aromatic heterocycles. The second kappa shape index (κ2) is 7.95. The molecule has 1 aliphatic heterocycles. The number of benzene rings is 2. The second-order valence-corrected chi connectivity index (χ2v) is 7.64. The number of hydrogen-bond donors (Lipinski definition) is 3. The second-order valence-electron chi connectivity index (χ2n) is 7.64. The van der Waals surface area contributed by atoms with Gasteiger partial charge in [0.15, 0.2) is 0 Å². The van der Waals surface area contributed by atoms with Crippen LogP contribution in [0.2, 0.25) is 0 Å². The van der Waals surface area contributed by atoms with Crippen molar-refractivity contribution in [2.75, 3.05) is 22.5 Å². The van der Waals surface area contributed by atoms with Crippen LogP contribution in [0.15, 0.2) is 48.5 Å². The summed E-state index contributed by atoms with van der Waals surface area (Å²) in [5.74, 6) is -0.423. The van der Waals surface area contributed by atoms with E-state index in [0.717, 1.165) is 18.4 Å². The molecule has 150 valence electrons. The number of carbonyl (C=O) groups is 3. The van der Waals surface area contributed by atoms with Gasteiger partial charge in [0, 0.05) is 36.1 Å². The first-order valence-corrected chi connectivity index (χ1v) is 9.83. The molecule has 7 heteroatoms. The summed E-state index contributed by atoms with van der Waals surface area (Å²) in [5, 5.41) is 8.46. The molecule has 0 bridgehead atoms. The Morgan fingerprint density at radius 2 is 1.69 bits per heavy atom. The first-order valence-electron chi connectivity index (χ1n) is 9.83. The molecule has 0 spiro atoms. The van der Waals surface area contributed by atoms with Gasteiger partial charge in [0.25, 0.3) is 0 Å². The molecule has 0 radical (unpaired) electrons. The van der Waals surface area contributed by atoms with E-state index in [1.54, 1.807) is 24.3 Å². The van der Waals surface area contributed by atoms with Gasteiger partial charge in [-0.05, 0) is 49.6 Å². The molecule has 2 aromatic carbocycles. The number of para-hydroxylation sites is 1. The minimum atomic E-state index is -0.362. The number of aryl methyl sites for hydroxylation is 1. The first-order chi connectivity index (χ1) is 14.0. The molecule has 7 nitrogen and oxygen atoms in total. The van der Waals surface area contributed by atoms with Crippen LogP contribution in [0.25, 0.3) is 0 Å². The maximum atomic E-state index is 12.7. The van der Waals surface area contributed by atoms with Gasteiger partial charge >= 0.3 is 6.03 Å². The summed E-state index contributed by atoms with van der Waals surface area (Å²) in [5.41, 5.74) is 2.78. The lowest BCUT2D eigenvalue weighted by Gasteiger charge is -2.16. The molecule has 4 amide bonds. The van der Waals surface area contributed by atoms with Gasteiger partial charge < -0.3 is 20.9 Å². The van der Waals surface area contributed by atoms with E-state index in [0.29, 0.717) is 29.6 Å². The molecule has 2 aliphatic rings. The minimum absolute atomic E-state index is 0.0670. The van der Waals surface area contributed by atoms with Gasteiger partial charge in [-0.1, -0.05) is 24.3 Å². The lowest BCUT2D eigenvalue weighted by atomic mass is 10.1. The Hall–Kier alpha value is -3.35. The molecule has 1 atom stereocenters. The molecule has 1 saturated heterocycles. The number of rotatable bonds is 5. The van der Waals surface area contributed by atoms with Crippen molar-refractivity contribution in [2.45, 2.75) is 32.2 Å². The number of carbonyl (C=O) groups excluding carboxylic acids is 3. The van der Waals surface area contributed by atoms with E-state index in [1.807, 2.05) is 36.1 Å². The molecule has 1 aliphatic carbocycles. The summed E-state index contributed by atoms with van der Waals surface area (Å²) in [6.45, 7) is 2.38. The first kappa shape index (κ1) is 19.0. The van der Waals surface area contributed by atoms with Crippen molar-refractivity contribution in [3.05, 3.63) is 54.1 Å². The highest BCUT2D eigenvalue weighted by Gasteiger charge is 2.41. The quantitative estimate of drug-likeness (QED) is 0.726. The number of urea groups is 1. The fourth-order valence-corrected chi connectivity index (χ4v) is 3.53. The van der Waals surface area contributed by atoms with Crippen LogP contribution in [0.4, 0.5) is 21.9 Å². The van der Waals surface area contributed by atoms with Crippen molar-refractivity contribution < 1.29 is 14.4 Å². The Bertz CT molecular complexity index is 940. The molecular formula is C22H24N4O3. The fourth-order valence-electron chi connectivity index (χ4n) is 3.53. The summed E-state index contributed by atoms with van der Waals surface area (Å²) in [4.78, 5) is 38.8. The van der Waals surface area contributed by atoms with Gasteiger partial charge in [0.2, 0.25) is 11.8 Å². The maximum absolute atomic E-state index is 12.7. The van der Waals surface area contributed by atoms with Crippen molar-refractivity contribution in [1.82, 2.24) is 4.90 Å². The van der Waals surface area contributed by atoms with E-state index >= 15 is 0 Å². The molecule has 1 heterocycles. The van der Waals surface area contributed by atoms with E-state index in [9.17, 15) is 14.4 Å². The summed E-state index contributed by atoms with van der Waals surface area (Å²) >= 11 is 0. The molecule has 2 fully saturated rings. The predicted molar refractivity (Wildman–Crippen MR) is 112 cm³/mol. The third-order valence-electron chi connectivity index (χ3n) is 5.30. The van der Waals surface area contributed by atoms with Crippen LogP contribution in [0.1, 0.15) is 24.8 Å². The summed E-state index contributed by atoms with van der Waals surface area (Å²) < 4.78 is 0. The van der Waals surface area contributed by atoms with Crippen molar-refractivity contribution >= 4 is 34.9 Å². The summed E-state index contributed by atoms with van der Waals surface area (Å²) in [6.07, 6.45) is 2.34. The van der Waals surface area contributed by atoms with Crippen molar-refractivity contribution in [1.29, 1.82) is 0 Å². The van der Waals surface area contributed by atoms with Crippen LogP contribution in [-0.2, 0) is 9.59 Å². The zero-order chi connectivity index (χ0) is 20.4. The van der Waals surface area contributed by atoms with Gasteiger partial charge in [-0.25, -0.2) is 4.79 Å². The Labute approximate surface area is 169 Å². The van der Waals surface area contributed by atoms with Gasteiger partial charge in [-0.2, -0.15) is 0 Å². The van der Waals surface area contributed by atoms with Crippen LogP contribution < -0.4 is 16.0 Å². The van der Waals surface area contributed by atoms with Crippen LogP contribution in [0, 0.1) is 12.8 Å². The Balaban J connectivity index is 1.38. The third kappa shape index (κ3) is 4.56. The fraction of sp³-hybridized carbons (Fsp3) is 0.318. The largest absolute Gasteiger partial charge is 0.339 e. The van der Waals surface area contributed by atoms with Gasteiger partial charge in [-0.3, -0.25) is 9.59 Å². The monoisotopic (exact) mass is 392 g/mol. The lowest BCUT2D eigenvalue weighted by Crippen LogP contribution is -2.30. The number of hydrogen-bond acceptors (Lipinski definition) is 3. The number of nitrogens with one attached hydrogen (secondary N) is 3. The molecule has 1 saturated carbocycles. The van der Waals surface area contributed by atoms with E-state index in [1.165, 1.54) is 0 Å². The van der Waals surface area contributed by atoms with Crippen molar-refractivity contribution in [3.8, 4) is 0 Å². The standard InChI is InChI=1S/C22H24N4O3/c1-14-7-8-17(24-22(29)23-16-5-3-2-4-6-16)12-19(14)25-21(28)15-11-20(27)26(13-15)18-9-10-18/h2-8,12,15,18H,9-11,13H2,1H3,(H,25,28)(H2,23,24,29). The summed E-state index contributed by atoms with van der Waals surface area (Å²) in [6, 6.07) is 14.5. The molecule has 2 aromatic rings. The highest BCUT2D eigenvalue weighted by atomic mass is 16.2. The SMILES string of the molecule is Cc1ccc(NC(=O)Nc2ccccc2)cc1NC(=O)C1CC(=O)N(C2CC2)C1. The van der Waals surface area contributed by atoms with Crippen LogP contribution >= 0.6 is 0 Å². The molecule has 1 unspecified atom stereocenters. The number of likely N-dealkylation sites (tertiary alicyclic amines) is 1. The minimum Gasteiger partial charge on any atom is -0.339 e. The topological polar surface area (TPSA) is 90.5 Å². The summed E-state index contributed by atoms with van der Waals surface area (Å²) in [7, 11) is 0. The predicted octanol–water partition coefficient (Wildman–Crippen LogP) is 3.59. The van der Waals surface area contributed by atoms with Crippen LogP contribution in [-0.4, -0.2) is 35.3 Å². The molecule has 3 N–H and O–H groups in total. The normalized spacial score (nSPS) is 18.4. The molecule has 29 heavy (non-hydrogen) atoms. The molecule has 4 rings (SSSR count). The average Bonchev–Trinajstić information content (AvgIpc) is 3.46. The van der Waals surface area contributed by atoms with Gasteiger partial charge in [0.05, 0.1) is 5.92 Å². The van der Waals surface area contributed by atoms with E-state index in [4.69, 9.17) is 0 Å². The van der Waals surface area contributed by atoms with Crippen LogP contribution in [0.3, 0.4) is 0 Å². The zero-order valence-corrected chi connectivity index (χ0v) is 16.3. The highest BCUT2D eigenvalue weighted by molar-refractivity contribution is 6.01. The zero-order valence-electron chi connectivity index (χ0n) is 16.3. The smallest absolute Gasteiger partial charge is 0.323 e. The number of anilines is 3. The van der Waals surface area contributed by atoms with Crippen molar-refractivity contribution in [3.63, 3.8) is 0 Å². The van der Waals surface area contributed by atoms with Crippen molar-refractivity contribution in [2.24, 2.45) is 5.92 Å². The van der Waals surface area contributed by atoms with E-state index in [2.05, 4.69) is 16.0 Å². The maximum Gasteiger partial charge on any atom is 0.323 e.